The fourth-order valence-corrected chi connectivity index (χ4v) is 5.25. The third-order valence-corrected chi connectivity index (χ3v) is 6.72. The van der Waals surface area contributed by atoms with Gasteiger partial charge in [0.15, 0.2) is 0 Å². The third kappa shape index (κ3) is 3.00. The number of nitrogens with one attached hydrogen (secondary N) is 2. The largest absolute Gasteiger partial charge is 0.375 e. The number of aromatic nitrogens is 1. The van der Waals surface area contributed by atoms with Crippen molar-refractivity contribution in [2.75, 3.05) is 18.8 Å². The van der Waals surface area contributed by atoms with Gasteiger partial charge in [-0.15, -0.1) is 0 Å². The van der Waals surface area contributed by atoms with Crippen LogP contribution in [0.2, 0.25) is 0 Å². The smallest absolute Gasteiger partial charge is 0.0853 e. The maximum absolute atomic E-state index is 5.41. The molecule has 0 saturated carbocycles. The predicted octanol–water partition coefficient (Wildman–Crippen LogP) is 3.82. The lowest BCUT2D eigenvalue weighted by atomic mass is 9.73. The molecule has 1 aliphatic heterocycles. The molecule has 2 aromatic rings. The van der Waals surface area contributed by atoms with E-state index >= 15 is 0 Å². The zero-order chi connectivity index (χ0) is 17.6. The van der Waals surface area contributed by atoms with Gasteiger partial charge in [-0.05, 0) is 49.9 Å². The summed E-state index contributed by atoms with van der Waals surface area (Å²) >= 11 is 9.73. The highest BCUT2D eigenvalue weighted by Gasteiger charge is 2.41. The molecule has 2 N–H and O–H groups in total. The van der Waals surface area contributed by atoms with Crippen molar-refractivity contribution in [3.05, 3.63) is 35.0 Å². The molecule has 134 valence electrons. The Morgan fingerprint density at radius 2 is 2.28 bits per heavy atom. The van der Waals surface area contributed by atoms with Crippen molar-refractivity contribution in [1.29, 1.82) is 0 Å². The summed E-state index contributed by atoms with van der Waals surface area (Å²) in [5, 5.41) is 5.04. The minimum Gasteiger partial charge on any atom is -0.375 e. The van der Waals surface area contributed by atoms with Gasteiger partial charge in [-0.2, -0.15) is 12.6 Å². The van der Waals surface area contributed by atoms with Gasteiger partial charge >= 0.3 is 0 Å². The van der Waals surface area contributed by atoms with E-state index in [0.717, 1.165) is 30.9 Å². The maximum Gasteiger partial charge on any atom is 0.0853 e. The van der Waals surface area contributed by atoms with Crippen molar-refractivity contribution in [2.24, 2.45) is 0 Å². The Balaban J connectivity index is 1.74. The lowest BCUT2D eigenvalue weighted by Gasteiger charge is -2.47. The predicted molar refractivity (Wildman–Crippen MR) is 113 cm³/mol. The molecule has 0 amide bonds. The van der Waals surface area contributed by atoms with Crippen LogP contribution in [0.25, 0.3) is 10.9 Å². The zero-order valence-corrected chi connectivity index (χ0v) is 16.7. The molecule has 1 saturated heterocycles. The van der Waals surface area contributed by atoms with Crippen molar-refractivity contribution in [2.45, 2.75) is 51.1 Å². The van der Waals surface area contributed by atoms with Crippen molar-refractivity contribution >= 4 is 40.7 Å². The molecule has 1 aromatic heterocycles. The van der Waals surface area contributed by atoms with E-state index in [2.05, 4.69) is 59.9 Å². The number of thiol groups is 1. The van der Waals surface area contributed by atoms with Crippen LogP contribution in [0.3, 0.4) is 0 Å². The van der Waals surface area contributed by atoms with Crippen LogP contribution < -0.4 is 5.32 Å². The standard InChI is InChI=1S/C20H27N3S2/c1-3-7-23-10-13(22-19(25)11-24)8-16-14-5-4-6-17-20(14)15(9-18(16)23)12(2)21-17/h4-6,13,16,18,21,24H,3,7-11H2,1-2H3,(H,22,25)/t13-,16?,18+/m0/s1. The van der Waals surface area contributed by atoms with Gasteiger partial charge in [-0.25, -0.2) is 0 Å². The molecule has 3 atom stereocenters. The van der Waals surface area contributed by atoms with Gasteiger partial charge in [0.2, 0.25) is 0 Å². The van der Waals surface area contributed by atoms with Gasteiger partial charge in [0.25, 0.3) is 0 Å². The van der Waals surface area contributed by atoms with Crippen LogP contribution in [-0.2, 0) is 6.42 Å². The summed E-state index contributed by atoms with van der Waals surface area (Å²) in [4.78, 5) is 7.17. The van der Waals surface area contributed by atoms with Crippen molar-refractivity contribution in [3.63, 3.8) is 0 Å². The molecule has 5 heteroatoms. The van der Waals surface area contributed by atoms with E-state index in [1.54, 1.807) is 0 Å². The van der Waals surface area contributed by atoms with E-state index in [4.69, 9.17) is 12.2 Å². The molecule has 4 rings (SSSR count). The summed E-state index contributed by atoms with van der Waals surface area (Å²) in [5.41, 5.74) is 5.70. The van der Waals surface area contributed by atoms with Gasteiger partial charge in [0.05, 0.1) is 4.99 Å². The molecule has 0 spiro atoms. The van der Waals surface area contributed by atoms with E-state index in [-0.39, 0.29) is 0 Å². The first-order chi connectivity index (χ1) is 12.1. The number of rotatable bonds is 4. The number of benzene rings is 1. The summed E-state index contributed by atoms with van der Waals surface area (Å²) in [7, 11) is 0. The number of aromatic amines is 1. The molecule has 3 nitrogen and oxygen atoms in total. The zero-order valence-electron chi connectivity index (χ0n) is 15.0. The van der Waals surface area contributed by atoms with Gasteiger partial charge in [-0.3, -0.25) is 4.90 Å². The molecule has 2 aliphatic rings. The van der Waals surface area contributed by atoms with Crippen LogP contribution in [0.1, 0.15) is 42.5 Å². The Bertz CT molecular complexity index is 798. The second-order valence-electron chi connectivity index (χ2n) is 7.53. The van der Waals surface area contributed by atoms with Gasteiger partial charge in [0.1, 0.15) is 0 Å². The fourth-order valence-electron chi connectivity index (χ4n) is 4.99. The number of piperidine rings is 1. The highest BCUT2D eigenvalue weighted by atomic mass is 32.1. The number of fused-ring (bicyclic) bond motifs is 2. The first-order valence-corrected chi connectivity index (χ1v) is 10.4. The Morgan fingerprint density at radius 1 is 1.44 bits per heavy atom. The van der Waals surface area contributed by atoms with Crippen LogP contribution in [-0.4, -0.2) is 45.8 Å². The lowest BCUT2D eigenvalue weighted by molar-refractivity contribution is 0.105. The normalized spacial score (nSPS) is 25.8. The number of likely N-dealkylation sites (tertiary alicyclic amines) is 1. The third-order valence-electron chi connectivity index (χ3n) is 5.93. The maximum atomic E-state index is 5.41. The van der Waals surface area contributed by atoms with E-state index in [9.17, 15) is 0 Å². The molecule has 2 heterocycles. The average Bonchev–Trinajstić information content (AvgIpc) is 2.93. The highest BCUT2D eigenvalue weighted by Crippen LogP contribution is 2.44. The molecular formula is C20H27N3S2. The number of aryl methyl sites for hydroxylation is 1. The first kappa shape index (κ1) is 17.4. The number of hydrogen-bond acceptors (Lipinski definition) is 3. The van der Waals surface area contributed by atoms with E-state index in [1.165, 1.54) is 34.1 Å². The Kier molecular flexibility index (Phi) is 4.82. The van der Waals surface area contributed by atoms with Crippen LogP contribution in [0.15, 0.2) is 18.2 Å². The Hall–Kier alpha value is -1.04. The van der Waals surface area contributed by atoms with Gasteiger partial charge < -0.3 is 10.3 Å². The van der Waals surface area contributed by atoms with E-state index in [0.29, 0.717) is 23.8 Å². The Labute approximate surface area is 161 Å². The van der Waals surface area contributed by atoms with Crippen LogP contribution in [0.4, 0.5) is 0 Å². The van der Waals surface area contributed by atoms with Gasteiger partial charge in [-0.1, -0.05) is 31.3 Å². The first-order valence-electron chi connectivity index (χ1n) is 9.36. The fraction of sp³-hybridized carbons (Fsp3) is 0.550. The monoisotopic (exact) mass is 373 g/mol. The number of hydrogen-bond donors (Lipinski definition) is 3. The van der Waals surface area contributed by atoms with Gasteiger partial charge in [0, 0.05) is 46.9 Å². The van der Waals surface area contributed by atoms with Crippen molar-refractivity contribution < 1.29 is 0 Å². The molecule has 1 aliphatic carbocycles. The van der Waals surface area contributed by atoms with Crippen molar-refractivity contribution in [1.82, 2.24) is 15.2 Å². The second-order valence-corrected chi connectivity index (χ2v) is 8.34. The summed E-state index contributed by atoms with van der Waals surface area (Å²) in [5.74, 6) is 1.21. The van der Waals surface area contributed by atoms with E-state index in [1.807, 2.05) is 0 Å². The number of nitrogens with zero attached hydrogens (tertiary/aromatic N) is 1. The van der Waals surface area contributed by atoms with Crippen LogP contribution in [0.5, 0.6) is 0 Å². The minimum atomic E-state index is 0.421. The topological polar surface area (TPSA) is 31.1 Å². The molecule has 0 bridgehead atoms. The van der Waals surface area contributed by atoms with Crippen molar-refractivity contribution in [3.8, 4) is 0 Å². The van der Waals surface area contributed by atoms with Crippen LogP contribution >= 0.6 is 24.8 Å². The quantitative estimate of drug-likeness (QED) is 0.563. The molecule has 25 heavy (non-hydrogen) atoms. The molecule has 1 unspecified atom stereocenters. The van der Waals surface area contributed by atoms with E-state index < -0.39 is 0 Å². The van der Waals surface area contributed by atoms with Crippen LogP contribution in [0, 0.1) is 6.92 Å². The summed E-state index contributed by atoms with van der Waals surface area (Å²) in [6, 6.07) is 7.80. The average molecular weight is 374 g/mol. The SMILES string of the molecule is CCCN1C[C@@H](NC(=S)CS)CC2c3cccc4[nH]c(C)c(c34)C[C@H]21. The molecule has 1 aromatic carbocycles. The minimum absolute atomic E-state index is 0.421. The number of H-pyrrole nitrogens is 1. The summed E-state index contributed by atoms with van der Waals surface area (Å²) in [6.45, 7) is 6.74. The molecule has 1 fully saturated rings. The summed E-state index contributed by atoms with van der Waals surface area (Å²) < 4.78 is 0. The Morgan fingerprint density at radius 3 is 3.04 bits per heavy atom. The lowest BCUT2D eigenvalue weighted by Crippen LogP contribution is -2.56. The highest BCUT2D eigenvalue weighted by molar-refractivity contribution is 7.86. The second kappa shape index (κ2) is 6.93. The molecular weight excluding hydrogens is 346 g/mol. The summed E-state index contributed by atoms with van der Waals surface area (Å²) in [6.07, 6.45) is 3.51. The molecule has 0 radical (unpaired) electrons. The number of thiocarbonyl (C=S) groups is 1.